The molecule has 162 valence electrons. The number of aryl methyl sites for hydroxylation is 1. The molecule has 3 atom stereocenters. The first-order valence-electron chi connectivity index (χ1n) is 10.3. The van der Waals surface area contributed by atoms with Gasteiger partial charge in [0.25, 0.3) is 0 Å². The molecule has 0 spiro atoms. The smallest absolute Gasteiger partial charge is 0.222 e. The van der Waals surface area contributed by atoms with E-state index in [1.165, 1.54) is 0 Å². The van der Waals surface area contributed by atoms with Gasteiger partial charge in [-0.25, -0.2) is 0 Å². The van der Waals surface area contributed by atoms with Crippen molar-refractivity contribution in [2.24, 2.45) is 17.6 Å². The van der Waals surface area contributed by atoms with Crippen LogP contribution in [0.2, 0.25) is 0 Å². The molecule has 2 rings (SSSR count). The molecule has 0 aromatic heterocycles. The van der Waals surface area contributed by atoms with E-state index >= 15 is 0 Å². The summed E-state index contributed by atoms with van der Waals surface area (Å²) >= 11 is 0. The van der Waals surface area contributed by atoms with Crippen LogP contribution in [0.25, 0.3) is 0 Å². The van der Waals surface area contributed by atoms with Gasteiger partial charge in [0.1, 0.15) is 12.4 Å². The molecule has 1 unspecified atom stereocenters. The van der Waals surface area contributed by atoms with Crippen molar-refractivity contribution in [1.82, 2.24) is 5.32 Å². The molecular formula is C24H32N2O4. The number of aliphatic hydroxyl groups excluding tert-OH is 1. The monoisotopic (exact) mass is 412 g/mol. The predicted octanol–water partition coefficient (Wildman–Crippen LogP) is 2.82. The van der Waals surface area contributed by atoms with Crippen LogP contribution in [-0.2, 0) is 22.6 Å². The maximum atomic E-state index is 12.1. The van der Waals surface area contributed by atoms with E-state index in [-0.39, 0.29) is 5.91 Å². The fourth-order valence-electron chi connectivity index (χ4n) is 3.33. The summed E-state index contributed by atoms with van der Waals surface area (Å²) in [4.78, 5) is 23.4. The van der Waals surface area contributed by atoms with Gasteiger partial charge in [0, 0.05) is 18.9 Å². The Morgan fingerprint density at radius 2 is 1.70 bits per heavy atom. The summed E-state index contributed by atoms with van der Waals surface area (Å²) in [6.45, 7) is 2.22. The molecule has 0 heterocycles. The number of carbonyl (C=O) groups excluding carboxylic acids is 2. The standard InChI is InChI=1S/C24H32N2O4/c1-17(23(25)28)14-20(24(29)26-2)15-21(27)11-8-18-9-12-22(13-10-18)30-16-19-6-4-3-5-7-19/h3-7,9-10,12-13,17,20-21,27H,8,11,14-16H2,1-2H3,(H2,25,28)(H,26,29)/t17?,20-,21+/m1/s1. The van der Waals surface area contributed by atoms with Gasteiger partial charge in [0.2, 0.25) is 11.8 Å². The van der Waals surface area contributed by atoms with Gasteiger partial charge < -0.3 is 20.9 Å². The summed E-state index contributed by atoms with van der Waals surface area (Å²) in [5.74, 6) is -0.678. The molecule has 6 heteroatoms. The zero-order valence-corrected chi connectivity index (χ0v) is 17.7. The molecule has 30 heavy (non-hydrogen) atoms. The number of primary amides is 1. The second kappa shape index (κ2) is 12.0. The quantitative estimate of drug-likeness (QED) is 0.499. The van der Waals surface area contributed by atoms with Crippen LogP contribution >= 0.6 is 0 Å². The maximum absolute atomic E-state index is 12.1. The Hall–Kier alpha value is -2.86. The molecule has 0 aliphatic heterocycles. The van der Waals surface area contributed by atoms with Gasteiger partial charge in [0.15, 0.2) is 0 Å². The van der Waals surface area contributed by atoms with Crippen LogP contribution in [0.1, 0.15) is 37.3 Å². The first-order chi connectivity index (χ1) is 14.4. The van der Waals surface area contributed by atoms with E-state index < -0.39 is 23.8 Å². The normalized spacial score (nSPS) is 13.8. The van der Waals surface area contributed by atoms with E-state index in [2.05, 4.69) is 5.32 Å². The number of amides is 2. The van der Waals surface area contributed by atoms with Crippen molar-refractivity contribution < 1.29 is 19.4 Å². The molecule has 2 aromatic rings. The van der Waals surface area contributed by atoms with Crippen molar-refractivity contribution >= 4 is 11.8 Å². The van der Waals surface area contributed by atoms with Crippen molar-refractivity contribution in [3.8, 4) is 5.75 Å². The van der Waals surface area contributed by atoms with E-state index in [9.17, 15) is 14.7 Å². The number of nitrogens with one attached hydrogen (secondary N) is 1. The average molecular weight is 413 g/mol. The number of aliphatic hydroxyl groups is 1. The summed E-state index contributed by atoms with van der Waals surface area (Å²) < 4.78 is 5.79. The van der Waals surface area contributed by atoms with Gasteiger partial charge >= 0.3 is 0 Å². The Bertz CT molecular complexity index is 793. The lowest BCUT2D eigenvalue weighted by Crippen LogP contribution is -2.34. The van der Waals surface area contributed by atoms with E-state index in [4.69, 9.17) is 10.5 Å². The molecule has 0 saturated heterocycles. The number of rotatable bonds is 12. The van der Waals surface area contributed by atoms with Crippen molar-refractivity contribution in [3.63, 3.8) is 0 Å². The highest BCUT2D eigenvalue weighted by atomic mass is 16.5. The SMILES string of the molecule is CNC(=O)[C@H](CC(C)C(N)=O)C[C@@H](O)CCc1ccc(OCc2ccccc2)cc1. The largest absolute Gasteiger partial charge is 0.489 e. The number of benzene rings is 2. The Balaban J connectivity index is 1.81. The summed E-state index contributed by atoms with van der Waals surface area (Å²) in [5.41, 5.74) is 7.51. The Morgan fingerprint density at radius 3 is 2.30 bits per heavy atom. The fourth-order valence-corrected chi connectivity index (χ4v) is 3.33. The second-order valence-corrected chi connectivity index (χ2v) is 7.70. The van der Waals surface area contributed by atoms with Crippen molar-refractivity contribution in [2.45, 2.75) is 45.3 Å². The highest BCUT2D eigenvalue weighted by Gasteiger charge is 2.25. The Morgan fingerprint density at radius 1 is 1.03 bits per heavy atom. The zero-order valence-electron chi connectivity index (χ0n) is 17.7. The van der Waals surface area contributed by atoms with Gasteiger partial charge in [-0.05, 0) is 48.9 Å². The predicted molar refractivity (Wildman–Crippen MR) is 117 cm³/mol. The third kappa shape index (κ3) is 7.87. The van der Waals surface area contributed by atoms with Gasteiger partial charge in [-0.3, -0.25) is 9.59 Å². The molecule has 2 amide bonds. The third-order valence-corrected chi connectivity index (χ3v) is 5.24. The van der Waals surface area contributed by atoms with E-state index in [0.717, 1.165) is 16.9 Å². The lowest BCUT2D eigenvalue weighted by Gasteiger charge is -2.21. The van der Waals surface area contributed by atoms with Crippen LogP contribution in [0, 0.1) is 11.8 Å². The van der Waals surface area contributed by atoms with E-state index in [1.54, 1.807) is 14.0 Å². The lowest BCUT2D eigenvalue weighted by molar-refractivity contribution is -0.127. The van der Waals surface area contributed by atoms with Crippen molar-refractivity contribution in [2.75, 3.05) is 7.05 Å². The minimum atomic E-state index is -0.638. The van der Waals surface area contributed by atoms with Crippen LogP contribution in [0.3, 0.4) is 0 Å². The van der Waals surface area contributed by atoms with Crippen LogP contribution in [-0.4, -0.2) is 30.1 Å². The minimum absolute atomic E-state index is 0.179. The zero-order chi connectivity index (χ0) is 21.9. The van der Waals surface area contributed by atoms with Crippen LogP contribution < -0.4 is 15.8 Å². The van der Waals surface area contributed by atoms with Crippen LogP contribution in [0.4, 0.5) is 0 Å². The van der Waals surface area contributed by atoms with Gasteiger partial charge in [-0.1, -0.05) is 49.4 Å². The molecule has 0 saturated carbocycles. The fraction of sp³-hybridized carbons (Fsp3) is 0.417. The van der Waals surface area contributed by atoms with Crippen LogP contribution in [0.5, 0.6) is 5.75 Å². The van der Waals surface area contributed by atoms with Crippen molar-refractivity contribution in [3.05, 3.63) is 65.7 Å². The summed E-state index contributed by atoms with van der Waals surface area (Å²) in [5, 5.41) is 13.0. The number of nitrogens with two attached hydrogens (primary N) is 1. The van der Waals surface area contributed by atoms with Gasteiger partial charge in [-0.15, -0.1) is 0 Å². The molecule has 0 radical (unpaired) electrons. The number of hydrogen-bond acceptors (Lipinski definition) is 4. The van der Waals surface area contributed by atoms with Gasteiger partial charge in [-0.2, -0.15) is 0 Å². The average Bonchev–Trinajstić information content (AvgIpc) is 2.76. The van der Waals surface area contributed by atoms with E-state index in [0.29, 0.717) is 32.3 Å². The third-order valence-electron chi connectivity index (χ3n) is 5.24. The highest BCUT2D eigenvalue weighted by molar-refractivity contribution is 5.80. The molecule has 0 fully saturated rings. The molecule has 6 nitrogen and oxygen atoms in total. The number of ether oxygens (including phenoxy) is 1. The molecule has 4 N–H and O–H groups in total. The first-order valence-corrected chi connectivity index (χ1v) is 10.3. The Kier molecular flexibility index (Phi) is 9.35. The molecular weight excluding hydrogens is 380 g/mol. The Labute approximate surface area is 178 Å². The maximum Gasteiger partial charge on any atom is 0.222 e. The summed E-state index contributed by atoms with van der Waals surface area (Å²) in [7, 11) is 1.55. The first kappa shape index (κ1) is 23.4. The van der Waals surface area contributed by atoms with E-state index in [1.807, 2.05) is 54.6 Å². The topological polar surface area (TPSA) is 102 Å². The summed E-state index contributed by atoms with van der Waals surface area (Å²) in [6.07, 6.45) is 1.21. The molecule has 0 aliphatic carbocycles. The molecule has 2 aromatic carbocycles. The number of carbonyl (C=O) groups is 2. The highest BCUT2D eigenvalue weighted by Crippen LogP contribution is 2.21. The number of hydrogen-bond donors (Lipinski definition) is 3. The minimum Gasteiger partial charge on any atom is -0.489 e. The molecule has 0 aliphatic rings. The van der Waals surface area contributed by atoms with Gasteiger partial charge in [0.05, 0.1) is 6.10 Å². The second-order valence-electron chi connectivity index (χ2n) is 7.70. The molecule has 0 bridgehead atoms. The lowest BCUT2D eigenvalue weighted by atomic mass is 9.88. The van der Waals surface area contributed by atoms with Crippen molar-refractivity contribution in [1.29, 1.82) is 0 Å². The summed E-state index contributed by atoms with van der Waals surface area (Å²) in [6, 6.07) is 17.8. The van der Waals surface area contributed by atoms with Crippen LogP contribution in [0.15, 0.2) is 54.6 Å².